The number of aromatic nitrogens is 2. The summed E-state index contributed by atoms with van der Waals surface area (Å²) in [7, 11) is 0. The van der Waals surface area contributed by atoms with Crippen molar-refractivity contribution in [1.82, 2.24) is 14.5 Å². The molecule has 39 heavy (non-hydrogen) atoms. The van der Waals surface area contributed by atoms with Crippen LogP contribution in [0.15, 0.2) is 82.0 Å². The van der Waals surface area contributed by atoms with Gasteiger partial charge in [-0.2, -0.15) is 11.3 Å². The minimum atomic E-state index is -0.557. The number of rotatable bonds is 7. The molecule has 2 aromatic carbocycles. The van der Waals surface area contributed by atoms with E-state index in [4.69, 9.17) is 9.47 Å². The summed E-state index contributed by atoms with van der Waals surface area (Å²) in [4.78, 5) is 31.0. The number of aromatic amines is 1. The molecule has 2 unspecified atom stereocenters. The van der Waals surface area contributed by atoms with Gasteiger partial charge in [-0.15, -0.1) is 0 Å². The van der Waals surface area contributed by atoms with Gasteiger partial charge in [0.15, 0.2) is 5.76 Å². The average Bonchev–Trinajstić information content (AvgIpc) is 3.64. The molecule has 0 aliphatic carbocycles. The van der Waals surface area contributed by atoms with Gasteiger partial charge in [0.05, 0.1) is 24.2 Å². The van der Waals surface area contributed by atoms with Crippen molar-refractivity contribution in [2.75, 3.05) is 13.1 Å². The molecule has 2 aliphatic rings. The summed E-state index contributed by atoms with van der Waals surface area (Å²) in [6, 6.07) is 17.4. The van der Waals surface area contributed by atoms with E-state index in [2.05, 4.69) is 16.4 Å². The summed E-state index contributed by atoms with van der Waals surface area (Å²) in [5, 5.41) is 13.4. The number of thiophene rings is 1. The first-order valence-electron chi connectivity index (χ1n) is 13.3. The molecule has 2 aliphatic heterocycles. The molecule has 202 valence electrons. The zero-order chi connectivity index (χ0) is 26.8. The van der Waals surface area contributed by atoms with Crippen molar-refractivity contribution in [3.05, 3.63) is 104 Å². The summed E-state index contributed by atoms with van der Waals surface area (Å²) >= 11 is 1.63. The van der Waals surface area contributed by atoms with E-state index in [0.717, 1.165) is 27.7 Å². The molecule has 2 N–H and O–H groups in total. The van der Waals surface area contributed by atoms with Gasteiger partial charge in [-0.3, -0.25) is 9.36 Å². The van der Waals surface area contributed by atoms with Crippen molar-refractivity contribution in [1.29, 1.82) is 0 Å². The number of nitrogens with one attached hydrogen (secondary N) is 1. The number of aliphatic hydroxyl groups is 1. The molecule has 4 aromatic rings. The van der Waals surface area contributed by atoms with Crippen LogP contribution in [-0.4, -0.2) is 44.8 Å². The van der Waals surface area contributed by atoms with E-state index in [0.29, 0.717) is 44.7 Å². The summed E-state index contributed by atoms with van der Waals surface area (Å²) in [5.74, 6) is 0.203. The van der Waals surface area contributed by atoms with Crippen LogP contribution in [0, 0.1) is 0 Å². The monoisotopic (exact) mass is 545 g/mol. The van der Waals surface area contributed by atoms with Gasteiger partial charge in [0.1, 0.15) is 0 Å². The number of benzene rings is 2. The number of amides is 1. The molecule has 0 radical (unpaired) electrons. The highest BCUT2D eigenvalue weighted by Crippen LogP contribution is 2.34. The van der Waals surface area contributed by atoms with Crippen LogP contribution in [0.1, 0.15) is 47.9 Å². The molecular formula is C30H31N3O5S. The molecule has 4 heterocycles. The number of H-pyrrole nitrogens is 1. The molecular weight excluding hydrogens is 514 g/mol. The number of hydrogen-bond acceptors (Lipinski definition) is 6. The molecule has 0 bridgehead atoms. The van der Waals surface area contributed by atoms with E-state index < -0.39 is 6.29 Å². The Hall–Kier alpha value is -3.66. The zero-order valence-corrected chi connectivity index (χ0v) is 22.3. The van der Waals surface area contributed by atoms with Gasteiger partial charge < -0.3 is 24.5 Å². The number of ether oxygens (including phenoxy) is 2. The number of imidazole rings is 1. The lowest BCUT2D eigenvalue weighted by molar-refractivity contribution is -0.156. The van der Waals surface area contributed by atoms with E-state index in [1.807, 2.05) is 69.5 Å². The lowest BCUT2D eigenvalue weighted by atomic mass is 9.95. The number of carbonyl (C=O) groups excluding carboxylic acids is 1. The Bertz CT molecular complexity index is 1510. The number of nitrogens with zero attached hydrogens (tertiary/aromatic N) is 2. The van der Waals surface area contributed by atoms with Crippen LogP contribution in [0.5, 0.6) is 0 Å². The first-order chi connectivity index (χ1) is 19.1. The minimum absolute atomic E-state index is 0.00122. The quantitative estimate of drug-likeness (QED) is 0.352. The van der Waals surface area contributed by atoms with Crippen LogP contribution < -0.4 is 5.69 Å². The predicted molar refractivity (Wildman–Crippen MR) is 149 cm³/mol. The fourth-order valence-corrected chi connectivity index (χ4v) is 6.20. The molecule has 1 amide bonds. The molecule has 1 fully saturated rings. The number of hydrogen-bond donors (Lipinski definition) is 2. The summed E-state index contributed by atoms with van der Waals surface area (Å²) in [5.41, 5.74) is 4.59. The number of likely N-dealkylation sites (tertiary alicyclic amines) is 1. The fraction of sp³-hybridized carbons (Fsp3) is 0.333. The van der Waals surface area contributed by atoms with Gasteiger partial charge in [0, 0.05) is 31.5 Å². The molecule has 9 heteroatoms. The number of piperidine rings is 1. The van der Waals surface area contributed by atoms with Crippen LogP contribution in [0.25, 0.3) is 11.0 Å². The lowest BCUT2D eigenvalue weighted by Crippen LogP contribution is -2.42. The fourth-order valence-electron chi connectivity index (χ4n) is 5.48. The van der Waals surface area contributed by atoms with Gasteiger partial charge in [-0.25, -0.2) is 4.79 Å². The third kappa shape index (κ3) is 5.43. The molecule has 2 aromatic heterocycles. The first-order valence-corrected chi connectivity index (χ1v) is 14.2. The van der Waals surface area contributed by atoms with Crippen LogP contribution in [0.3, 0.4) is 0 Å². The molecule has 1 saturated heterocycles. The minimum Gasteiger partial charge on any atom is -0.459 e. The zero-order valence-electron chi connectivity index (χ0n) is 21.5. The molecule has 2 atom stereocenters. The number of carbonyl (C=O) groups is 1. The van der Waals surface area contributed by atoms with Gasteiger partial charge >= 0.3 is 5.69 Å². The van der Waals surface area contributed by atoms with Crippen LogP contribution in [0.2, 0.25) is 0 Å². The van der Waals surface area contributed by atoms with Gasteiger partial charge in [-0.1, -0.05) is 36.4 Å². The van der Waals surface area contributed by atoms with Crippen molar-refractivity contribution in [3.8, 4) is 0 Å². The summed E-state index contributed by atoms with van der Waals surface area (Å²) in [6.07, 6.45) is 3.38. The third-order valence-electron chi connectivity index (χ3n) is 7.62. The Morgan fingerprint density at radius 2 is 1.85 bits per heavy atom. The van der Waals surface area contributed by atoms with E-state index in [-0.39, 0.29) is 30.2 Å². The van der Waals surface area contributed by atoms with E-state index in [9.17, 15) is 14.7 Å². The normalized spacial score (nSPS) is 20.1. The van der Waals surface area contributed by atoms with Crippen molar-refractivity contribution in [3.63, 3.8) is 0 Å². The summed E-state index contributed by atoms with van der Waals surface area (Å²) < 4.78 is 14.1. The van der Waals surface area contributed by atoms with E-state index in [1.54, 1.807) is 11.3 Å². The maximum atomic E-state index is 13.6. The van der Waals surface area contributed by atoms with Gasteiger partial charge in [-0.05, 0) is 64.6 Å². The van der Waals surface area contributed by atoms with Crippen LogP contribution in [0.4, 0.5) is 0 Å². The maximum Gasteiger partial charge on any atom is 0.326 e. The largest absolute Gasteiger partial charge is 0.459 e. The second-order valence-electron chi connectivity index (χ2n) is 10.1. The second-order valence-corrected chi connectivity index (χ2v) is 10.9. The number of aliphatic hydroxyl groups excluding tert-OH is 1. The summed E-state index contributed by atoms with van der Waals surface area (Å²) in [6.45, 7) is 1.43. The standard InChI is InChI=1S/C30H31N3O5S/c34-17-20-5-7-21(8-6-20)18-37-28-16-23(22-11-14-39-19-22)15-27(38-28)29(35)32-12-9-24(10-13-32)33-26-4-2-1-3-25(26)31-30(33)36/h1-8,11,14-15,19,23-24,28,34H,9-10,12-13,16-18H2,(H,31,36). The smallest absolute Gasteiger partial charge is 0.326 e. The topological polar surface area (TPSA) is 96.8 Å². The highest BCUT2D eigenvalue weighted by atomic mass is 32.1. The Kier molecular flexibility index (Phi) is 7.36. The number of fused-ring (bicyclic) bond motifs is 1. The Labute approximate surface area is 230 Å². The molecule has 0 saturated carbocycles. The first kappa shape index (κ1) is 25.6. The van der Waals surface area contributed by atoms with Crippen LogP contribution in [-0.2, 0) is 27.5 Å². The number of para-hydroxylation sites is 2. The predicted octanol–water partition coefficient (Wildman–Crippen LogP) is 4.68. The van der Waals surface area contributed by atoms with Crippen molar-refractivity contribution < 1.29 is 19.4 Å². The Morgan fingerprint density at radius 3 is 2.59 bits per heavy atom. The lowest BCUT2D eigenvalue weighted by Gasteiger charge is -2.35. The molecule has 8 nitrogen and oxygen atoms in total. The van der Waals surface area contributed by atoms with Gasteiger partial charge in [0.2, 0.25) is 6.29 Å². The van der Waals surface area contributed by atoms with Crippen molar-refractivity contribution in [2.24, 2.45) is 0 Å². The molecule has 6 rings (SSSR count). The van der Waals surface area contributed by atoms with E-state index >= 15 is 0 Å². The SMILES string of the molecule is O=C(C1=CC(c2ccsc2)CC(OCc2ccc(CO)cc2)O1)N1CCC(n2c(=O)[nH]c3ccccc32)CC1. The van der Waals surface area contributed by atoms with Gasteiger partial charge in [0.25, 0.3) is 5.91 Å². The van der Waals surface area contributed by atoms with E-state index in [1.165, 1.54) is 0 Å². The third-order valence-corrected chi connectivity index (χ3v) is 8.32. The van der Waals surface area contributed by atoms with Crippen LogP contribution >= 0.6 is 11.3 Å². The Morgan fingerprint density at radius 1 is 1.08 bits per heavy atom. The van der Waals surface area contributed by atoms with Crippen molar-refractivity contribution in [2.45, 2.75) is 50.7 Å². The highest BCUT2D eigenvalue weighted by molar-refractivity contribution is 7.08. The average molecular weight is 546 g/mol. The Balaban J connectivity index is 1.14. The highest BCUT2D eigenvalue weighted by Gasteiger charge is 2.33. The second kappa shape index (κ2) is 11.2. The molecule has 0 spiro atoms. The number of allylic oxidation sites excluding steroid dienone is 1. The van der Waals surface area contributed by atoms with Crippen molar-refractivity contribution >= 4 is 28.3 Å². The maximum absolute atomic E-state index is 13.6.